The molecule has 2 nitrogen and oxygen atoms in total. The molecule has 116 valence electrons. The van der Waals surface area contributed by atoms with E-state index in [1.807, 2.05) is 41.1 Å². The van der Waals surface area contributed by atoms with Gasteiger partial charge in [0, 0.05) is 15.6 Å². The van der Waals surface area contributed by atoms with Crippen molar-refractivity contribution in [3.8, 4) is 28.2 Å². The number of hydrogen-bond acceptors (Lipinski definition) is 1. The van der Waals surface area contributed by atoms with Crippen LogP contribution in [0.1, 0.15) is 0 Å². The Bertz CT molecular complexity index is 885. The molecule has 0 amide bonds. The Balaban J connectivity index is 1.89. The molecule has 0 atom stereocenters. The minimum atomic E-state index is 0.963. The van der Waals surface area contributed by atoms with Crippen molar-refractivity contribution >= 4 is 15.9 Å². The molecule has 0 fully saturated rings. The molecule has 0 spiro atoms. The lowest BCUT2D eigenvalue weighted by Gasteiger charge is -2.07. The van der Waals surface area contributed by atoms with E-state index in [1.165, 1.54) is 0 Å². The van der Waals surface area contributed by atoms with Crippen LogP contribution in [0.15, 0.2) is 95.5 Å². The second-order valence-corrected chi connectivity index (χ2v) is 6.45. The molecule has 4 rings (SSSR count). The average molecular weight is 375 g/mol. The summed E-state index contributed by atoms with van der Waals surface area (Å²) in [7, 11) is 0. The molecule has 4 aromatic rings. The van der Waals surface area contributed by atoms with Gasteiger partial charge in [0.05, 0.1) is 17.1 Å². The zero-order valence-corrected chi connectivity index (χ0v) is 14.5. The minimum absolute atomic E-state index is 0.963. The van der Waals surface area contributed by atoms with E-state index in [-0.39, 0.29) is 0 Å². The Morgan fingerprint density at radius 1 is 0.667 bits per heavy atom. The van der Waals surface area contributed by atoms with Crippen LogP contribution in [0.25, 0.3) is 28.2 Å². The zero-order valence-electron chi connectivity index (χ0n) is 12.9. The highest BCUT2D eigenvalue weighted by Crippen LogP contribution is 2.29. The normalized spacial score (nSPS) is 10.7. The smallest absolute Gasteiger partial charge is 0.0934 e. The summed E-state index contributed by atoms with van der Waals surface area (Å²) in [6.07, 6.45) is 0. The second-order valence-electron chi connectivity index (χ2n) is 5.54. The Morgan fingerprint density at radius 3 is 1.96 bits per heavy atom. The van der Waals surface area contributed by atoms with E-state index < -0.39 is 0 Å². The Kier molecular flexibility index (Phi) is 4.01. The SMILES string of the molecule is Brc1ccc(-c2cc(-c3ccccc3)n(-c3ccccc3)n2)cc1. The van der Waals surface area contributed by atoms with Gasteiger partial charge in [-0.1, -0.05) is 76.6 Å². The molecule has 0 unspecified atom stereocenters. The van der Waals surface area contributed by atoms with Crippen LogP contribution in [0, 0.1) is 0 Å². The fourth-order valence-corrected chi connectivity index (χ4v) is 2.99. The lowest BCUT2D eigenvalue weighted by atomic mass is 10.1. The molecule has 0 aliphatic heterocycles. The maximum Gasteiger partial charge on any atom is 0.0934 e. The molecule has 1 heterocycles. The number of hydrogen-bond donors (Lipinski definition) is 0. The molecule has 0 aliphatic rings. The van der Waals surface area contributed by atoms with Gasteiger partial charge in [0.1, 0.15) is 0 Å². The molecule has 3 heteroatoms. The van der Waals surface area contributed by atoms with Gasteiger partial charge in [0.25, 0.3) is 0 Å². The summed E-state index contributed by atoms with van der Waals surface area (Å²) >= 11 is 3.49. The predicted octanol–water partition coefficient (Wildman–Crippen LogP) is 5.97. The van der Waals surface area contributed by atoms with Crippen LogP contribution in [-0.4, -0.2) is 9.78 Å². The molecule has 0 saturated carbocycles. The minimum Gasteiger partial charge on any atom is -0.232 e. The predicted molar refractivity (Wildman–Crippen MR) is 102 cm³/mol. The number of aromatic nitrogens is 2. The molecule has 1 aromatic heterocycles. The molecular formula is C21H15BrN2. The van der Waals surface area contributed by atoms with E-state index in [0.29, 0.717) is 0 Å². The fourth-order valence-electron chi connectivity index (χ4n) is 2.72. The summed E-state index contributed by atoms with van der Waals surface area (Å²) in [6, 6.07) is 31.0. The third-order valence-corrected chi connectivity index (χ3v) is 4.45. The monoisotopic (exact) mass is 374 g/mol. The molecule has 3 aromatic carbocycles. The van der Waals surface area contributed by atoms with Crippen molar-refractivity contribution in [3.63, 3.8) is 0 Å². The van der Waals surface area contributed by atoms with Crippen LogP contribution in [0.2, 0.25) is 0 Å². The first-order valence-electron chi connectivity index (χ1n) is 7.78. The highest BCUT2D eigenvalue weighted by molar-refractivity contribution is 9.10. The molecule has 0 saturated heterocycles. The van der Waals surface area contributed by atoms with Crippen molar-refractivity contribution in [2.24, 2.45) is 0 Å². The number of benzene rings is 3. The van der Waals surface area contributed by atoms with E-state index in [0.717, 1.165) is 32.7 Å². The van der Waals surface area contributed by atoms with Gasteiger partial charge in [0.15, 0.2) is 0 Å². The molecular weight excluding hydrogens is 360 g/mol. The van der Waals surface area contributed by atoms with Crippen LogP contribution in [-0.2, 0) is 0 Å². The largest absolute Gasteiger partial charge is 0.232 e. The summed E-state index contributed by atoms with van der Waals surface area (Å²) < 4.78 is 3.07. The summed E-state index contributed by atoms with van der Waals surface area (Å²) in [6.45, 7) is 0. The Hall–Kier alpha value is -2.65. The maximum absolute atomic E-state index is 4.86. The summed E-state index contributed by atoms with van der Waals surface area (Å²) in [5.74, 6) is 0. The first-order valence-corrected chi connectivity index (χ1v) is 8.57. The van der Waals surface area contributed by atoms with Gasteiger partial charge in [0.2, 0.25) is 0 Å². The summed E-state index contributed by atoms with van der Waals surface area (Å²) in [4.78, 5) is 0. The number of rotatable bonds is 3. The number of halogens is 1. The highest BCUT2D eigenvalue weighted by atomic mass is 79.9. The first kappa shape index (κ1) is 14.9. The average Bonchev–Trinajstić information content (AvgIpc) is 3.09. The maximum atomic E-state index is 4.86. The van der Waals surface area contributed by atoms with Gasteiger partial charge in [-0.25, -0.2) is 4.68 Å². The van der Waals surface area contributed by atoms with Crippen LogP contribution in [0.3, 0.4) is 0 Å². The lowest BCUT2D eigenvalue weighted by molar-refractivity contribution is 0.892. The molecule has 0 N–H and O–H groups in total. The Labute approximate surface area is 149 Å². The summed E-state index contributed by atoms with van der Waals surface area (Å²) in [5.41, 5.74) is 5.35. The van der Waals surface area contributed by atoms with Crippen LogP contribution in [0.5, 0.6) is 0 Å². The van der Waals surface area contributed by atoms with E-state index in [9.17, 15) is 0 Å². The van der Waals surface area contributed by atoms with Gasteiger partial charge >= 0.3 is 0 Å². The molecule has 24 heavy (non-hydrogen) atoms. The molecule has 0 radical (unpaired) electrons. The van der Waals surface area contributed by atoms with E-state index in [2.05, 4.69) is 70.5 Å². The van der Waals surface area contributed by atoms with Crippen LogP contribution >= 0.6 is 15.9 Å². The lowest BCUT2D eigenvalue weighted by Crippen LogP contribution is -1.98. The standard InChI is InChI=1S/C21H15BrN2/c22-18-13-11-16(12-14-18)20-15-21(17-7-3-1-4-8-17)24(23-20)19-9-5-2-6-10-19/h1-15H. The van der Waals surface area contributed by atoms with Gasteiger partial charge in [-0.3, -0.25) is 0 Å². The third kappa shape index (κ3) is 2.91. The van der Waals surface area contributed by atoms with Crippen LogP contribution < -0.4 is 0 Å². The van der Waals surface area contributed by atoms with Gasteiger partial charge < -0.3 is 0 Å². The third-order valence-electron chi connectivity index (χ3n) is 3.92. The van der Waals surface area contributed by atoms with Crippen molar-refractivity contribution < 1.29 is 0 Å². The van der Waals surface area contributed by atoms with Crippen molar-refractivity contribution in [3.05, 3.63) is 95.5 Å². The highest BCUT2D eigenvalue weighted by Gasteiger charge is 2.12. The van der Waals surface area contributed by atoms with E-state index in [1.54, 1.807) is 0 Å². The fraction of sp³-hybridized carbons (Fsp3) is 0. The van der Waals surface area contributed by atoms with Crippen LogP contribution in [0.4, 0.5) is 0 Å². The quantitative estimate of drug-likeness (QED) is 0.431. The molecule has 0 aliphatic carbocycles. The van der Waals surface area contributed by atoms with Crippen molar-refractivity contribution in [2.75, 3.05) is 0 Å². The molecule has 0 bridgehead atoms. The Morgan fingerprint density at radius 2 is 1.29 bits per heavy atom. The topological polar surface area (TPSA) is 17.8 Å². The van der Waals surface area contributed by atoms with Crippen molar-refractivity contribution in [1.29, 1.82) is 0 Å². The first-order chi connectivity index (χ1) is 11.8. The van der Waals surface area contributed by atoms with Gasteiger partial charge in [-0.05, 0) is 30.3 Å². The van der Waals surface area contributed by atoms with E-state index in [4.69, 9.17) is 5.10 Å². The van der Waals surface area contributed by atoms with E-state index >= 15 is 0 Å². The van der Waals surface area contributed by atoms with Gasteiger partial charge in [-0.2, -0.15) is 5.10 Å². The number of para-hydroxylation sites is 1. The second kappa shape index (κ2) is 6.46. The zero-order chi connectivity index (χ0) is 16.4. The van der Waals surface area contributed by atoms with Gasteiger partial charge in [-0.15, -0.1) is 0 Å². The number of nitrogens with zero attached hydrogens (tertiary/aromatic N) is 2. The summed E-state index contributed by atoms with van der Waals surface area (Å²) in [5, 5.41) is 4.86. The van der Waals surface area contributed by atoms with Crippen molar-refractivity contribution in [2.45, 2.75) is 0 Å². The van der Waals surface area contributed by atoms with Crippen molar-refractivity contribution in [1.82, 2.24) is 9.78 Å².